The van der Waals surface area contributed by atoms with Crippen LogP contribution in [-0.2, 0) is 17.1 Å². The third-order valence-corrected chi connectivity index (χ3v) is 5.30. The first-order chi connectivity index (χ1) is 8.97. The topological polar surface area (TPSA) is 42.3 Å². The maximum absolute atomic E-state index is 11.6. The number of benzene rings is 1. The van der Waals surface area contributed by atoms with Crippen molar-refractivity contribution in [3.63, 3.8) is 0 Å². The SMILES string of the molecule is Cn1c(C2CCN(S(C)(=O)=O)C2)cc2ccccc21. The Morgan fingerprint density at radius 2 is 2.00 bits per heavy atom. The second-order valence-corrected chi connectivity index (χ2v) is 7.28. The van der Waals surface area contributed by atoms with Gasteiger partial charge < -0.3 is 4.57 Å². The molecule has 0 bridgehead atoms. The van der Waals surface area contributed by atoms with Crippen molar-refractivity contribution < 1.29 is 8.42 Å². The first-order valence-corrected chi connectivity index (χ1v) is 8.31. The smallest absolute Gasteiger partial charge is 0.211 e. The van der Waals surface area contributed by atoms with Gasteiger partial charge in [-0.25, -0.2) is 12.7 Å². The summed E-state index contributed by atoms with van der Waals surface area (Å²) < 4.78 is 26.9. The van der Waals surface area contributed by atoms with E-state index in [4.69, 9.17) is 0 Å². The number of aryl methyl sites for hydroxylation is 1. The van der Waals surface area contributed by atoms with E-state index >= 15 is 0 Å². The summed E-state index contributed by atoms with van der Waals surface area (Å²) in [5.41, 5.74) is 2.43. The lowest BCUT2D eigenvalue weighted by Crippen LogP contribution is -2.27. The second-order valence-electron chi connectivity index (χ2n) is 5.29. The Morgan fingerprint density at radius 1 is 1.26 bits per heavy atom. The fourth-order valence-corrected chi connectivity index (χ4v) is 3.86. The van der Waals surface area contributed by atoms with Crippen molar-refractivity contribution in [1.29, 1.82) is 0 Å². The predicted octanol–water partition coefficient (Wildman–Crippen LogP) is 1.93. The van der Waals surface area contributed by atoms with Crippen LogP contribution in [0.5, 0.6) is 0 Å². The summed E-state index contributed by atoms with van der Waals surface area (Å²) >= 11 is 0. The Bertz CT molecular complexity index is 718. The number of hydrogen-bond acceptors (Lipinski definition) is 2. The lowest BCUT2D eigenvalue weighted by Gasteiger charge is -2.14. The van der Waals surface area contributed by atoms with Crippen molar-refractivity contribution in [2.24, 2.45) is 7.05 Å². The molecule has 1 fully saturated rings. The molecule has 1 aliphatic rings. The van der Waals surface area contributed by atoms with Crippen molar-refractivity contribution in [1.82, 2.24) is 8.87 Å². The molecule has 102 valence electrons. The van der Waals surface area contributed by atoms with Crippen LogP contribution >= 0.6 is 0 Å². The first-order valence-electron chi connectivity index (χ1n) is 6.46. The van der Waals surface area contributed by atoms with Gasteiger partial charge in [-0.15, -0.1) is 0 Å². The second kappa shape index (κ2) is 4.35. The van der Waals surface area contributed by atoms with E-state index in [0.29, 0.717) is 19.0 Å². The van der Waals surface area contributed by atoms with E-state index < -0.39 is 10.0 Å². The highest BCUT2D eigenvalue weighted by Crippen LogP contribution is 2.31. The highest BCUT2D eigenvalue weighted by atomic mass is 32.2. The van der Waals surface area contributed by atoms with Crippen LogP contribution in [0.3, 0.4) is 0 Å². The minimum atomic E-state index is -3.06. The molecular weight excluding hydrogens is 260 g/mol. The Kier molecular flexibility index (Phi) is 2.91. The van der Waals surface area contributed by atoms with Gasteiger partial charge in [-0.2, -0.15) is 0 Å². The first kappa shape index (κ1) is 12.7. The van der Waals surface area contributed by atoms with Crippen molar-refractivity contribution in [3.05, 3.63) is 36.0 Å². The van der Waals surface area contributed by atoms with Gasteiger partial charge in [0.05, 0.1) is 6.26 Å². The van der Waals surface area contributed by atoms with Gasteiger partial charge in [-0.3, -0.25) is 0 Å². The third kappa shape index (κ3) is 2.17. The Morgan fingerprint density at radius 3 is 2.63 bits per heavy atom. The van der Waals surface area contributed by atoms with Gasteiger partial charge in [0.2, 0.25) is 10.0 Å². The predicted molar refractivity (Wildman–Crippen MR) is 76.7 cm³/mol. The molecular formula is C14H18N2O2S. The minimum absolute atomic E-state index is 0.298. The van der Waals surface area contributed by atoms with Gasteiger partial charge in [0.25, 0.3) is 0 Å². The van der Waals surface area contributed by atoms with Crippen molar-refractivity contribution in [3.8, 4) is 0 Å². The molecule has 1 saturated heterocycles. The summed E-state index contributed by atoms with van der Waals surface area (Å²) in [5, 5.41) is 1.22. The molecule has 5 heteroatoms. The summed E-state index contributed by atoms with van der Waals surface area (Å²) in [6, 6.07) is 10.4. The Hall–Kier alpha value is -1.33. The van der Waals surface area contributed by atoms with Crippen LogP contribution in [0, 0.1) is 0 Å². The van der Waals surface area contributed by atoms with Gasteiger partial charge in [-0.1, -0.05) is 18.2 Å². The normalized spacial score (nSPS) is 21.3. The summed E-state index contributed by atoms with van der Waals surface area (Å²) in [7, 11) is -1.01. The Labute approximate surface area is 113 Å². The molecule has 0 radical (unpaired) electrons. The number of fused-ring (bicyclic) bond motifs is 1. The van der Waals surface area contributed by atoms with Gasteiger partial charge in [-0.05, 0) is 23.9 Å². The molecule has 3 rings (SSSR count). The maximum Gasteiger partial charge on any atom is 0.211 e. The number of hydrogen-bond donors (Lipinski definition) is 0. The zero-order chi connectivity index (χ0) is 13.6. The van der Waals surface area contributed by atoms with E-state index in [-0.39, 0.29) is 0 Å². The van der Waals surface area contributed by atoms with Crippen molar-refractivity contribution in [2.75, 3.05) is 19.3 Å². The summed E-state index contributed by atoms with van der Waals surface area (Å²) in [5.74, 6) is 0.298. The molecule has 1 aromatic heterocycles. The largest absolute Gasteiger partial charge is 0.347 e. The summed E-state index contributed by atoms with van der Waals surface area (Å²) in [6.07, 6.45) is 2.19. The molecule has 0 N–H and O–H groups in total. The van der Waals surface area contributed by atoms with E-state index in [1.54, 1.807) is 4.31 Å². The fraction of sp³-hybridized carbons (Fsp3) is 0.429. The van der Waals surface area contributed by atoms with Gasteiger partial charge in [0.15, 0.2) is 0 Å². The van der Waals surface area contributed by atoms with Crippen LogP contribution in [0.2, 0.25) is 0 Å². The molecule has 0 amide bonds. The van der Waals surface area contributed by atoms with E-state index in [1.165, 1.54) is 22.9 Å². The van der Waals surface area contributed by atoms with Gasteiger partial charge >= 0.3 is 0 Å². The highest BCUT2D eigenvalue weighted by molar-refractivity contribution is 7.88. The molecule has 19 heavy (non-hydrogen) atoms. The van der Waals surface area contributed by atoms with E-state index in [1.807, 2.05) is 12.1 Å². The molecule has 2 aromatic rings. The molecule has 4 nitrogen and oxygen atoms in total. The third-order valence-electron chi connectivity index (χ3n) is 4.03. The van der Waals surface area contributed by atoms with E-state index in [9.17, 15) is 8.42 Å². The Balaban J connectivity index is 1.96. The van der Waals surface area contributed by atoms with E-state index in [0.717, 1.165) is 6.42 Å². The number of para-hydroxylation sites is 1. The minimum Gasteiger partial charge on any atom is -0.347 e. The number of sulfonamides is 1. The highest BCUT2D eigenvalue weighted by Gasteiger charge is 2.31. The standard InChI is InChI=1S/C14H18N2O2S/c1-15-13-6-4-3-5-11(13)9-14(15)12-7-8-16(10-12)19(2,17)18/h3-6,9,12H,7-8,10H2,1-2H3. The number of nitrogens with zero attached hydrogens (tertiary/aromatic N) is 2. The number of aromatic nitrogens is 1. The molecule has 1 aromatic carbocycles. The van der Waals surface area contributed by atoms with Crippen LogP contribution in [0.4, 0.5) is 0 Å². The lowest BCUT2D eigenvalue weighted by atomic mass is 10.1. The molecule has 0 aliphatic carbocycles. The van der Waals surface area contributed by atoms with E-state index in [2.05, 4.69) is 29.8 Å². The molecule has 1 atom stereocenters. The maximum atomic E-state index is 11.6. The van der Waals surface area contributed by atoms with Crippen LogP contribution in [0.15, 0.2) is 30.3 Å². The van der Waals surface area contributed by atoms with Crippen LogP contribution in [-0.4, -0.2) is 36.6 Å². The summed E-state index contributed by atoms with van der Waals surface area (Å²) in [4.78, 5) is 0. The van der Waals surface area contributed by atoms with Crippen molar-refractivity contribution >= 4 is 20.9 Å². The molecule has 1 aliphatic heterocycles. The van der Waals surface area contributed by atoms with Crippen LogP contribution < -0.4 is 0 Å². The fourth-order valence-electron chi connectivity index (χ4n) is 2.97. The van der Waals surface area contributed by atoms with Crippen LogP contribution in [0.1, 0.15) is 18.0 Å². The average Bonchev–Trinajstić information content (AvgIpc) is 2.94. The zero-order valence-corrected chi connectivity index (χ0v) is 12.0. The quantitative estimate of drug-likeness (QED) is 0.842. The summed E-state index contributed by atoms with van der Waals surface area (Å²) in [6.45, 7) is 1.23. The lowest BCUT2D eigenvalue weighted by molar-refractivity contribution is 0.477. The monoisotopic (exact) mass is 278 g/mol. The molecule has 0 saturated carbocycles. The van der Waals surface area contributed by atoms with Crippen LogP contribution in [0.25, 0.3) is 10.9 Å². The van der Waals surface area contributed by atoms with Gasteiger partial charge in [0, 0.05) is 37.3 Å². The number of rotatable bonds is 2. The molecule has 1 unspecified atom stereocenters. The van der Waals surface area contributed by atoms with Crippen molar-refractivity contribution in [2.45, 2.75) is 12.3 Å². The average molecular weight is 278 g/mol. The molecule has 2 heterocycles. The van der Waals surface area contributed by atoms with Gasteiger partial charge in [0.1, 0.15) is 0 Å². The zero-order valence-electron chi connectivity index (χ0n) is 11.2. The molecule has 0 spiro atoms.